The van der Waals surface area contributed by atoms with Crippen LogP contribution < -0.4 is 20.7 Å². The predicted octanol–water partition coefficient (Wildman–Crippen LogP) is 5.65. The molecule has 1 aliphatic rings. The first-order valence-corrected chi connectivity index (χ1v) is 19.8. The van der Waals surface area contributed by atoms with Crippen molar-refractivity contribution in [1.82, 2.24) is 0 Å². The van der Waals surface area contributed by atoms with Gasteiger partial charge in [0.2, 0.25) is 0 Å². The van der Waals surface area contributed by atoms with E-state index in [1.165, 1.54) is 0 Å². The molecule has 0 aromatic heterocycles. The first kappa shape index (κ1) is 33.8. The van der Waals surface area contributed by atoms with Gasteiger partial charge in [0.25, 0.3) is 16.6 Å². The molecule has 0 amide bonds. The number of aliphatic hydroxyl groups is 1. The van der Waals surface area contributed by atoms with Crippen molar-refractivity contribution in [2.45, 2.75) is 76.4 Å². The fraction of sp³-hybridized carbons (Fsp3) is 0.308. The molecule has 0 spiro atoms. The molecule has 7 heteroatoms. The van der Waals surface area contributed by atoms with Gasteiger partial charge >= 0.3 is 5.97 Å². The van der Waals surface area contributed by atoms with E-state index in [1.807, 2.05) is 72.8 Å². The van der Waals surface area contributed by atoms with E-state index in [0.717, 1.165) is 20.7 Å². The molecular weight excluding hydrogens is 605 g/mol. The summed E-state index contributed by atoms with van der Waals surface area (Å²) >= 11 is 0. The lowest BCUT2D eigenvalue weighted by atomic mass is 9.92. The summed E-state index contributed by atoms with van der Waals surface area (Å²) in [6, 6.07) is 40.9. The maximum absolute atomic E-state index is 12.7. The second-order valence-corrected chi connectivity index (χ2v) is 22.8. The Bertz CT molecular complexity index is 1550. The molecule has 0 fully saturated rings. The van der Waals surface area contributed by atoms with Crippen molar-refractivity contribution in [1.29, 1.82) is 0 Å². The minimum Gasteiger partial charge on any atom is -0.478 e. The van der Waals surface area contributed by atoms with Gasteiger partial charge in [-0.2, -0.15) is 0 Å². The second kappa shape index (κ2) is 13.3. The Morgan fingerprint density at radius 3 is 1.24 bits per heavy atom. The summed E-state index contributed by atoms with van der Waals surface area (Å²) in [7, 11) is -6.26. The molecule has 5 nitrogen and oxygen atoms in total. The van der Waals surface area contributed by atoms with Crippen LogP contribution >= 0.6 is 0 Å². The first-order chi connectivity index (χ1) is 21.8. The third kappa shape index (κ3) is 6.22. The molecule has 3 atom stereocenters. The smallest absolute Gasteiger partial charge is 0.331 e. The third-order valence-electron chi connectivity index (χ3n) is 9.25. The van der Waals surface area contributed by atoms with E-state index in [0.29, 0.717) is 0 Å². The van der Waals surface area contributed by atoms with Crippen molar-refractivity contribution in [3.63, 3.8) is 0 Å². The van der Waals surface area contributed by atoms with E-state index < -0.39 is 40.9 Å². The van der Waals surface area contributed by atoms with Crippen LogP contribution in [-0.4, -0.2) is 51.1 Å². The molecule has 0 bridgehead atoms. The van der Waals surface area contributed by atoms with Gasteiger partial charge in [-0.25, -0.2) is 4.79 Å². The zero-order valence-corrected chi connectivity index (χ0v) is 29.7. The van der Waals surface area contributed by atoms with Crippen LogP contribution in [0, 0.1) is 0 Å². The van der Waals surface area contributed by atoms with E-state index in [4.69, 9.17) is 8.85 Å². The zero-order chi connectivity index (χ0) is 33.2. The van der Waals surface area contributed by atoms with Crippen LogP contribution in [0.3, 0.4) is 0 Å². The average Bonchev–Trinajstić information content (AvgIpc) is 3.04. The zero-order valence-electron chi connectivity index (χ0n) is 27.7. The molecule has 46 heavy (non-hydrogen) atoms. The van der Waals surface area contributed by atoms with Crippen LogP contribution in [-0.2, 0) is 13.6 Å². The Labute approximate surface area is 275 Å². The minimum atomic E-state index is -3.14. The van der Waals surface area contributed by atoms with E-state index >= 15 is 0 Å². The van der Waals surface area contributed by atoms with Crippen LogP contribution in [0.25, 0.3) is 0 Å². The Hall–Kier alpha value is -3.60. The first-order valence-electron chi connectivity index (χ1n) is 16.0. The number of carboxylic acid groups (broad SMARTS) is 1. The van der Waals surface area contributed by atoms with Crippen molar-refractivity contribution in [2.75, 3.05) is 0 Å². The molecule has 4 aromatic rings. The number of rotatable bonds is 9. The largest absolute Gasteiger partial charge is 0.478 e. The lowest BCUT2D eigenvalue weighted by molar-refractivity contribution is -0.134. The maximum atomic E-state index is 12.7. The van der Waals surface area contributed by atoms with E-state index in [2.05, 4.69) is 90.1 Å². The molecule has 0 saturated heterocycles. The number of aliphatic hydroxyl groups excluding tert-OH is 1. The molecule has 0 aliphatic heterocycles. The molecule has 5 rings (SSSR count). The molecule has 2 N–H and O–H groups in total. The van der Waals surface area contributed by atoms with Crippen LogP contribution in [0.4, 0.5) is 0 Å². The average molecular weight is 651 g/mol. The Morgan fingerprint density at radius 1 is 0.609 bits per heavy atom. The second-order valence-electron chi connectivity index (χ2n) is 14.3. The summed E-state index contributed by atoms with van der Waals surface area (Å²) in [6.07, 6.45) is -1.13. The highest BCUT2D eigenvalue weighted by Gasteiger charge is 2.56. The fourth-order valence-corrected chi connectivity index (χ4v) is 16.4. The van der Waals surface area contributed by atoms with Gasteiger partial charge in [-0.05, 0) is 36.9 Å². The lowest BCUT2D eigenvalue weighted by Gasteiger charge is -2.49. The molecule has 0 unspecified atom stereocenters. The summed E-state index contributed by atoms with van der Waals surface area (Å²) in [6.45, 7) is 13.1. The molecule has 0 heterocycles. The molecular formula is C39H46O5Si2. The van der Waals surface area contributed by atoms with Crippen LogP contribution in [0.5, 0.6) is 0 Å². The standard InChI is InChI=1S/C39H46O5Si2/c1-38(2,3)45(30-19-11-7-12-20-30,31-21-13-8-14-22-31)43-34-27-29(37(41)42)28-35(36(34)40)44-46(39(4,5)6,32-23-15-9-16-24-32)33-25-17-10-18-26-33/h7-27,34-36,40H,28H2,1-6H3,(H,41,42)/t34-,35+,36-/m1/s1. The van der Waals surface area contributed by atoms with Crippen molar-refractivity contribution in [3.05, 3.63) is 133 Å². The van der Waals surface area contributed by atoms with Crippen molar-refractivity contribution in [2.24, 2.45) is 0 Å². The lowest BCUT2D eigenvalue weighted by Crippen LogP contribution is -2.71. The van der Waals surface area contributed by atoms with Gasteiger partial charge < -0.3 is 19.1 Å². The van der Waals surface area contributed by atoms with Crippen LogP contribution in [0.15, 0.2) is 133 Å². The Morgan fingerprint density at radius 2 is 0.935 bits per heavy atom. The SMILES string of the molecule is CC(C)(C)[Si](O[C@H]1CC(C(=O)O)=C[C@@H](O[Si](c2ccccc2)(c2ccccc2)C(C)(C)C)[C@H]1O)(c1ccccc1)c1ccccc1. The highest BCUT2D eigenvalue weighted by molar-refractivity contribution is 7.00. The van der Waals surface area contributed by atoms with Crippen molar-refractivity contribution >= 4 is 43.4 Å². The summed E-state index contributed by atoms with van der Waals surface area (Å²) in [4.78, 5) is 12.7. The van der Waals surface area contributed by atoms with Gasteiger partial charge in [-0.3, -0.25) is 0 Å². The number of carboxylic acids is 1. The minimum absolute atomic E-state index is 0.0710. The Balaban J connectivity index is 1.67. The molecule has 4 aromatic carbocycles. The topological polar surface area (TPSA) is 76.0 Å². The highest BCUT2D eigenvalue weighted by atomic mass is 28.4. The monoisotopic (exact) mass is 650 g/mol. The summed E-state index contributed by atoms with van der Waals surface area (Å²) in [5.74, 6) is -1.03. The van der Waals surface area contributed by atoms with Gasteiger partial charge in [0.15, 0.2) is 0 Å². The number of hydrogen-bond donors (Lipinski definition) is 2. The van der Waals surface area contributed by atoms with Gasteiger partial charge in [-0.1, -0.05) is 163 Å². The van der Waals surface area contributed by atoms with E-state index in [-0.39, 0.29) is 22.1 Å². The Kier molecular flexibility index (Phi) is 9.73. The molecule has 240 valence electrons. The normalized spacial score (nSPS) is 19.4. The van der Waals surface area contributed by atoms with Gasteiger partial charge in [-0.15, -0.1) is 0 Å². The van der Waals surface area contributed by atoms with Gasteiger partial charge in [0, 0.05) is 12.0 Å². The number of hydrogen-bond acceptors (Lipinski definition) is 4. The number of aliphatic carboxylic acids is 1. The highest BCUT2D eigenvalue weighted by Crippen LogP contribution is 2.42. The summed E-state index contributed by atoms with van der Waals surface area (Å²) in [5, 5.41) is 26.3. The van der Waals surface area contributed by atoms with Gasteiger partial charge in [0.1, 0.15) is 6.10 Å². The summed E-state index contributed by atoms with van der Waals surface area (Å²) in [5.41, 5.74) is 0.191. The van der Waals surface area contributed by atoms with Gasteiger partial charge in [0.05, 0.1) is 12.2 Å². The quantitative estimate of drug-likeness (QED) is 0.229. The maximum Gasteiger partial charge on any atom is 0.331 e. The predicted molar refractivity (Wildman–Crippen MR) is 191 cm³/mol. The van der Waals surface area contributed by atoms with Crippen LogP contribution in [0.1, 0.15) is 48.0 Å². The molecule has 0 radical (unpaired) electrons. The number of carbonyl (C=O) groups is 1. The summed E-state index contributed by atoms with van der Waals surface area (Å²) < 4.78 is 14.7. The molecule has 1 aliphatic carbocycles. The third-order valence-corrected chi connectivity index (χ3v) is 19.3. The van der Waals surface area contributed by atoms with E-state index in [9.17, 15) is 15.0 Å². The van der Waals surface area contributed by atoms with Crippen molar-refractivity contribution < 1.29 is 23.9 Å². The molecule has 0 saturated carbocycles. The van der Waals surface area contributed by atoms with E-state index in [1.54, 1.807) is 6.08 Å². The van der Waals surface area contributed by atoms with Crippen molar-refractivity contribution in [3.8, 4) is 0 Å². The number of benzene rings is 4. The van der Waals surface area contributed by atoms with Crippen LogP contribution in [0.2, 0.25) is 10.1 Å². The fourth-order valence-electron chi connectivity index (χ4n) is 7.10.